The Bertz CT molecular complexity index is 1200. The van der Waals surface area contributed by atoms with Gasteiger partial charge in [-0.3, -0.25) is 9.59 Å². The Balaban J connectivity index is 1.34. The largest absolute Gasteiger partial charge is 0.445 e. The molecule has 2 atom stereocenters. The van der Waals surface area contributed by atoms with E-state index in [9.17, 15) is 19.2 Å². The molecule has 3 amide bonds. The highest BCUT2D eigenvalue weighted by molar-refractivity contribution is 6.30. The number of amides is 3. The molecule has 0 spiro atoms. The van der Waals surface area contributed by atoms with E-state index in [4.69, 9.17) is 16.3 Å². The second-order valence-corrected chi connectivity index (χ2v) is 11.2. The lowest BCUT2D eigenvalue weighted by atomic mass is 9.84. The summed E-state index contributed by atoms with van der Waals surface area (Å²) < 4.78 is 5.36. The van der Waals surface area contributed by atoms with Crippen LogP contribution in [0, 0.1) is 5.92 Å². The van der Waals surface area contributed by atoms with Gasteiger partial charge < -0.3 is 30.4 Å². The van der Waals surface area contributed by atoms with Gasteiger partial charge in [-0.1, -0.05) is 74.0 Å². The number of nitrogens with one attached hydrogen (secondary N) is 3. The molecule has 2 aliphatic rings. The third-order valence-corrected chi connectivity index (χ3v) is 7.97. The summed E-state index contributed by atoms with van der Waals surface area (Å²) in [5.74, 6) is -0.270. The summed E-state index contributed by atoms with van der Waals surface area (Å²) in [6, 6.07) is 13.0. The smallest absolute Gasteiger partial charge is 0.408 e. The summed E-state index contributed by atoms with van der Waals surface area (Å²) in [5.41, 5.74) is 2.63. The zero-order chi connectivity index (χ0) is 29.0. The van der Waals surface area contributed by atoms with Crippen molar-refractivity contribution in [3.8, 4) is 0 Å². The first-order chi connectivity index (χ1) is 19.9. The third-order valence-electron chi connectivity index (χ3n) is 7.73. The topological polar surface area (TPSA) is 117 Å². The lowest BCUT2D eigenvalue weighted by molar-refractivity contribution is -0.126. The second-order valence-electron chi connectivity index (χ2n) is 10.8. The Morgan fingerprint density at radius 3 is 2.66 bits per heavy atom. The fourth-order valence-electron chi connectivity index (χ4n) is 5.54. The van der Waals surface area contributed by atoms with Crippen molar-refractivity contribution >= 4 is 41.5 Å². The molecule has 3 N–H and O–H groups in total. The molecule has 0 unspecified atom stereocenters. The van der Waals surface area contributed by atoms with Crippen LogP contribution in [0.15, 0.2) is 48.5 Å². The van der Waals surface area contributed by atoms with Crippen molar-refractivity contribution in [2.75, 3.05) is 18.0 Å². The molecule has 41 heavy (non-hydrogen) atoms. The molecule has 1 heterocycles. The summed E-state index contributed by atoms with van der Waals surface area (Å²) in [7, 11) is 0. The Morgan fingerprint density at radius 2 is 1.88 bits per heavy atom. The van der Waals surface area contributed by atoms with Gasteiger partial charge in [0, 0.05) is 36.8 Å². The van der Waals surface area contributed by atoms with Gasteiger partial charge in [-0.05, 0) is 48.1 Å². The third kappa shape index (κ3) is 9.30. The van der Waals surface area contributed by atoms with Gasteiger partial charge in [-0.2, -0.15) is 0 Å². The average molecular weight is 583 g/mol. The second kappa shape index (κ2) is 15.5. The van der Waals surface area contributed by atoms with Crippen LogP contribution in [0.2, 0.25) is 5.02 Å². The van der Waals surface area contributed by atoms with Gasteiger partial charge in [-0.15, -0.1) is 0 Å². The molecule has 0 saturated heterocycles. The Kier molecular flexibility index (Phi) is 11.6. The van der Waals surface area contributed by atoms with Crippen LogP contribution in [0.1, 0.15) is 62.5 Å². The molecule has 1 saturated carbocycles. The molecule has 0 radical (unpaired) electrons. The number of para-hydroxylation sites is 1. The van der Waals surface area contributed by atoms with E-state index in [1.165, 1.54) is 6.42 Å². The van der Waals surface area contributed by atoms with Crippen LogP contribution in [0.4, 0.5) is 10.5 Å². The van der Waals surface area contributed by atoms with Crippen LogP contribution >= 0.6 is 11.6 Å². The number of rotatable bonds is 11. The first-order valence-electron chi connectivity index (χ1n) is 14.5. The van der Waals surface area contributed by atoms with Gasteiger partial charge in [0.1, 0.15) is 18.9 Å². The van der Waals surface area contributed by atoms with Crippen LogP contribution < -0.4 is 20.9 Å². The maximum atomic E-state index is 13.3. The highest BCUT2D eigenvalue weighted by atomic mass is 35.5. The van der Waals surface area contributed by atoms with E-state index in [2.05, 4.69) is 16.0 Å². The average Bonchev–Trinajstić information content (AvgIpc) is 3.21. The van der Waals surface area contributed by atoms with Crippen molar-refractivity contribution < 1.29 is 23.9 Å². The number of aldehydes is 1. The molecule has 0 aromatic heterocycles. The van der Waals surface area contributed by atoms with E-state index >= 15 is 0 Å². The van der Waals surface area contributed by atoms with Crippen LogP contribution in [-0.4, -0.2) is 49.4 Å². The molecule has 0 bridgehead atoms. The first-order valence-corrected chi connectivity index (χ1v) is 14.8. The minimum absolute atomic E-state index is 0.0123. The number of fused-ring (bicyclic) bond motifs is 1. The zero-order valence-electron chi connectivity index (χ0n) is 23.3. The number of hydrogen-bond acceptors (Lipinski definition) is 6. The van der Waals surface area contributed by atoms with Crippen molar-refractivity contribution in [3.63, 3.8) is 0 Å². The van der Waals surface area contributed by atoms with E-state index in [0.717, 1.165) is 42.5 Å². The van der Waals surface area contributed by atoms with Gasteiger partial charge in [0.05, 0.1) is 6.04 Å². The van der Waals surface area contributed by atoms with Gasteiger partial charge in [0.25, 0.3) is 0 Å². The SMILES string of the molecule is O=C[C@H](CCC(=O)N1CCNCc2ccccc21)NC(=O)[C@H](CC1CCCCC1)NC(=O)OCc1cccc(Cl)c1. The number of hydrogen-bond donors (Lipinski definition) is 3. The van der Waals surface area contributed by atoms with Crippen molar-refractivity contribution in [1.29, 1.82) is 0 Å². The summed E-state index contributed by atoms with van der Waals surface area (Å²) >= 11 is 6.01. The van der Waals surface area contributed by atoms with Gasteiger partial charge in [0.2, 0.25) is 11.8 Å². The van der Waals surface area contributed by atoms with Crippen molar-refractivity contribution in [2.24, 2.45) is 5.92 Å². The summed E-state index contributed by atoms with van der Waals surface area (Å²) in [6.45, 7) is 1.89. The molecule has 10 heteroatoms. The number of anilines is 1. The van der Waals surface area contributed by atoms with Gasteiger partial charge in [-0.25, -0.2) is 4.79 Å². The normalized spacial score (nSPS) is 17.0. The number of carbonyl (C=O) groups excluding carboxylic acids is 4. The summed E-state index contributed by atoms with van der Waals surface area (Å²) in [5, 5.41) is 9.32. The molecule has 1 aliphatic carbocycles. The van der Waals surface area contributed by atoms with E-state index in [1.54, 1.807) is 29.2 Å². The first kappa shape index (κ1) is 30.5. The number of halogens is 1. The summed E-state index contributed by atoms with van der Waals surface area (Å²) in [6.07, 6.45) is 5.98. The van der Waals surface area contributed by atoms with Crippen molar-refractivity contribution in [1.82, 2.24) is 16.0 Å². The van der Waals surface area contributed by atoms with Crippen LogP contribution in [0.25, 0.3) is 0 Å². The van der Waals surface area contributed by atoms with E-state index in [1.807, 2.05) is 24.3 Å². The number of benzene rings is 2. The van der Waals surface area contributed by atoms with Crippen LogP contribution in [-0.2, 0) is 32.3 Å². The molecular formula is C31H39ClN4O5. The lowest BCUT2D eigenvalue weighted by Gasteiger charge is -2.27. The zero-order valence-corrected chi connectivity index (χ0v) is 24.0. The molecule has 2 aromatic carbocycles. The molecule has 2 aromatic rings. The standard InChI is InChI=1S/C31H39ClN4O5/c32-25-11-6-9-23(17-25)21-41-31(40)35-27(18-22-7-2-1-3-8-22)30(39)34-26(20-37)13-14-29(38)36-16-15-33-19-24-10-4-5-12-28(24)36/h4-6,9-12,17,20,22,26-27,33H,1-3,7-8,13-16,18-19,21H2,(H,34,39)(H,35,40)/t26-,27-/m0/s1. The van der Waals surface area contributed by atoms with Gasteiger partial charge in [0.15, 0.2) is 0 Å². The maximum absolute atomic E-state index is 13.3. The molecule has 9 nitrogen and oxygen atoms in total. The predicted octanol–water partition coefficient (Wildman–Crippen LogP) is 4.51. The predicted molar refractivity (Wildman–Crippen MR) is 157 cm³/mol. The Labute approximate surface area is 246 Å². The number of alkyl carbamates (subject to hydrolysis) is 1. The number of nitrogens with zero attached hydrogens (tertiary/aromatic N) is 1. The molecule has 1 fully saturated rings. The molecular weight excluding hydrogens is 544 g/mol. The minimum Gasteiger partial charge on any atom is -0.445 e. The van der Waals surface area contributed by atoms with Crippen molar-refractivity contribution in [3.05, 3.63) is 64.7 Å². The minimum atomic E-state index is -0.857. The van der Waals surface area contributed by atoms with Gasteiger partial charge >= 0.3 is 6.09 Å². The van der Waals surface area contributed by atoms with E-state index in [-0.39, 0.29) is 25.4 Å². The van der Waals surface area contributed by atoms with E-state index in [0.29, 0.717) is 43.3 Å². The van der Waals surface area contributed by atoms with Crippen molar-refractivity contribution in [2.45, 2.75) is 76.6 Å². The maximum Gasteiger partial charge on any atom is 0.408 e. The summed E-state index contributed by atoms with van der Waals surface area (Å²) in [4.78, 5) is 52.8. The molecule has 4 rings (SSSR count). The number of ether oxygens (including phenoxy) is 1. The Morgan fingerprint density at radius 1 is 1.07 bits per heavy atom. The lowest BCUT2D eigenvalue weighted by Crippen LogP contribution is -2.51. The fraction of sp³-hybridized carbons (Fsp3) is 0.484. The highest BCUT2D eigenvalue weighted by Crippen LogP contribution is 2.28. The quantitative estimate of drug-likeness (QED) is 0.336. The highest BCUT2D eigenvalue weighted by Gasteiger charge is 2.29. The number of carbonyl (C=O) groups is 4. The molecule has 1 aliphatic heterocycles. The molecule has 220 valence electrons. The Hall–Kier alpha value is -3.43. The van der Waals surface area contributed by atoms with E-state index < -0.39 is 24.1 Å². The van der Waals surface area contributed by atoms with Crippen LogP contribution in [0.3, 0.4) is 0 Å². The van der Waals surface area contributed by atoms with Crippen LogP contribution in [0.5, 0.6) is 0 Å². The fourth-order valence-corrected chi connectivity index (χ4v) is 5.75. The monoisotopic (exact) mass is 582 g/mol.